The number of ether oxygens (including phenoxy) is 4. The van der Waals surface area contributed by atoms with Crippen molar-refractivity contribution in [1.29, 1.82) is 0 Å². The number of hydrogen-bond donors (Lipinski definition) is 6. The van der Waals surface area contributed by atoms with E-state index in [9.17, 15) is 14.7 Å². The van der Waals surface area contributed by atoms with Crippen molar-refractivity contribution in [1.82, 2.24) is 10.6 Å². The second-order valence-corrected chi connectivity index (χ2v) is 15.8. The summed E-state index contributed by atoms with van der Waals surface area (Å²) < 4.78 is 20.8. The first-order chi connectivity index (χ1) is 22.4. The predicted octanol–water partition coefficient (Wildman–Crippen LogP) is 5.43. The zero-order valence-electron chi connectivity index (χ0n) is 31.4. The summed E-state index contributed by atoms with van der Waals surface area (Å²) in [6.45, 7) is 11.1. The van der Waals surface area contributed by atoms with Crippen LogP contribution < -0.4 is 22.1 Å². The first kappa shape index (κ1) is 44.3. The number of methoxy groups -OCH3 is 2. The summed E-state index contributed by atoms with van der Waals surface area (Å²) in [6.07, 6.45) is 15.5. The van der Waals surface area contributed by atoms with E-state index in [1.807, 2.05) is 41.5 Å². The van der Waals surface area contributed by atoms with Crippen LogP contribution in [0, 0.1) is 0 Å². The molecule has 0 saturated heterocycles. The molecule has 0 aromatic heterocycles. The molecule has 0 spiro atoms. The van der Waals surface area contributed by atoms with E-state index in [1.165, 1.54) is 0 Å². The van der Waals surface area contributed by atoms with Gasteiger partial charge in [0.05, 0.1) is 24.4 Å². The van der Waals surface area contributed by atoms with Crippen LogP contribution in [0.25, 0.3) is 0 Å². The van der Waals surface area contributed by atoms with Gasteiger partial charge in [-0.05, 0) is 144 Å². The molecular formula is C36H72N4O8. The molecule has 0 aromatic carbocycles. The van der Waals surface area contributed by atoms with Crippen LogP contribution >= 0.6 is 0 Å². The highest BCUT2D eigenvalue weighted by Crippen LogP contribution is 2.22. The van der Waals surface area contributed by atoms with Gasteiger partial charge in [-0.2, -0.15) is 0 Å². The fraction of sp³-hybridized carbons (Fsp3) is 0.944. The number of carbonyl (C=O) groups excluding carboxylic acids is 2. The van der Waals surface area contributed by atoms with Crippen LogP contribution in [0.4, 0.5) is 9.59 Å². The zero-order chi connectivity index (χ0) is 36.3. The summed E-state index contributed by atoms with van der Waals surface area (Å²) in [4.78, 5) is 22.9. The van der Waals surface area contributed by atoms with E-state index >= 15 is 0 Å². The van der Waals surface area contributed by atoms with Gasteiger partial charge < -0.3 is 51.3 Å². The highest BCUT2D eigenvalue weighted by molar-refractivity contribution is 5.68. The zero-order valence-corrected chi connectivity index (χ0v) is 31.4. The van der Waals surface area contributed by atoms with Crippen LogP contribution in [0.15, 0.2) is 0 Å². The Morgan fingerprint density at radius 2 is 0.792 bits per heavy atom. The molecule has 12 heteroatoms. The van der Waals surface area contributed by atoms with Gasteiger partial charge in [-0.1, -0.05) is 0 Å². The molecule has 4 aliphatic carbocycles. The van der Waals surface area contributed by atoms with E-state index in [4.69, 9.17) is 35.5 Å². The van der Waals surface area contributed by atoms with Crippen LogP contribution in [0.2, 0.25) is 0 Å². The van der Waals surface area contributed by atoms with Gasteiger partial charge in [0.25, 0.3) is 0 Å². The molecule has 0 unspecified atom stereocenters. The molecule has 4 fully saturated rings. The third-order valence-corrected chi connectivity index (χ3v) is 8.94. The van der Waals surface area contributed by atoms with Crippen molar-refractivity contribution in [3.05, 3.63) is 0 Å². The van der Waals surface area contributed by atoms with E-state index in [0.29, 0.717) is 24.3 Å². The van der Waals surface area contributed by atoms with Crippen molar-refractivity contribution < 1.29 is 38.7 Å². The first-order valence-electron chi connectivity index (χ1n) is 18.3. The molecule has 0 aliphatic heterocycles. The molecule has 8 N–H and O–H groups in total. The number of nitrogens with two attached hydrogens (primary N) is 2. The van der Waals surface area contributed by atoms with E-state index in [0.717, 1.165) is 103 Å². The minimum atomic E-state index is -0.446. The lowest BCUT2D eigenvalue weighted by Crippen LogP contribution is -2.41. The Kier molecular flexibility index (Phi) is 21.1. The van der Waals surface area contributed by atoms with Crippen LogP contribution in [0.5, 0.6) is 0 Å². The molecule has 4 rings (SSSR count). The minimum absolute atomic E-state index is 0.0604. The van der Waals surface area contributed by atoms with Crippen molar-refractivity contribution in [2.24, 2.45) is 11.5 Å². The second-order valence-electron chi connectivity index (χ2n) is 15.8. The average Bonchev–Trinajstić information content (AvgIpc) is 3.00. The van der Waals surface area contributed by atoms with Crippen molar-refractivity contribution in [3.63, 3.8) is 0 Å². The summed E-state index contributed by atoms with van der Waals surface area (Å²) >= 11 is 0. The first-order valence-corrected chi connectivity index (χ1v) is 18.3. The summed E-state index contributed by atoms with van der Waals surface area (Å²) in [6, 6.07) is 1.19. The van der Waals surface area contributed by atoms with Gasteiger partial charge in [-0.3, -0.25) is 0 Å². The van der Waals surface area contributed by atoms with Gasteiger partial charge in [0.15, 0.2) is 0 Å². The molecule has 0 bridgehead atoms. The fourth-order valence-electron chi connectivity index (χ4n) is 6.04. The molecular weight excluding hydrogens is 616 g/mol. The number of carbonyl (C=O) groups is 2. The third-order valence-electron chi connectivity index (χ3n) is 8.94. The van der Waals surface area contributed by atoms with Crippen molar-refractivity contribution >= 4 is 12.2 Å². The molecule has 0 atom stereocenters. The Bertz CT molecular complexity index is 839. The molecule has 284 valence electrons. The molecule has 0 aromatic rings. The van der Waals surface area contributed by atoms with Gasteiger partial charge in [-0.25, -0.2) is 9.59 Å². The molecule has 0 heterocycles. The number of rotatable bonds is 4. The number of aliphatic hydroxyl groups is 2. The Morgan fingerprint density at radius 1 is 0.521 bits per heavy atom. The smallest absolute Gasteiger partial charge is 0.407 e. The van der Waals surface area contributed by atoms with E-state index in [2.05, 4.69) is 10.6 Å². The summed E-state index contributed by atoms with van der Waals surface area (Å²) in [5.41, 5.74) is 10.4. The van der Waals surface area contributed by atoms with E-state index in [-0.39, 0.29) is 36.5 Å². The van der Waals surface area contributed by atoms with E-state index in [1.54, 1.807) is 14.2 Å². The molecule has 0 radical (unpaired) electrons. The standard InChI is InChI=1S/C12H23NO3.C11H21NO3.C7H15NO.C6H13NO/c1-12(2,3)16-11(14)13-9-5-7-10(15-4)8-6-9;1-11(2,3)15-10(14)12-8-4-6-9(13)7-5-8;1-9-7-4-2-6(8)3-5-7;7-5-1-3-6(8)4-2-5/h9-10H,5-8H2,1-4H3,(H,13,14);8-9,13H,4-7H2,1-3H3,(H,12,14);6-7H,2-5,8H2,1H3;5-6,8H,1-4,7H2. The maximum atomic E-state index is 11.5. The molecule has 48 heavy (non-hydrogen) atoms. The normalized spacial score (nSPS) is 30.8. The van der Waals surface area contributed by atoms with Crippen LogP contribution in [0.3, 0.4) is 0 Å². The van der Waals surface area contributed by atoms with E-state index < -0.39 is 11.2 Å². The largest absolute Gasteiger partial charge is 0.444 e. The molecule has 4 saturated carbocycles. The van der Waals surface area contributed by atoms with Crippen molar-refractivity contribution in [3.8, 4) is 0 Å². The Balaban J connectivity index is 0.000000332. The number of alkyl carbamates (subject to hydrolysis) is 2. The van der Waals surface area contributed by atoms with Crippen LogP contribution in [0.1, 0.15) is 144 Å². The molecule has 12 nitrogen and oxygen atoms in total. The van der Waals surface area contributed by atoms with Gasteiger partial charge >= 0.3 is 12.2 Å². The average molecular weight is 689 g/mol. The number of nitrogens with one attached hydrogen (secondary N) is 2. The molecule has 2 amide bonds. The quantitative estimate of drug-likeness (QED) is 0.222. The SMILES string of the molecule is CC(C)(C)OC(=O)NC1CCC(O)CC1.COC1CCC(N)CC1.COC1CCC(NC(=O)OC(C)(C)C)CC1.NC1CCC(O)CC1. The Hall–Kier alpha value is -1.70. The minimum Gasteiger partial charge on any atom is -0.444 e. The maximum absolute atomic E-state index is 11.5. The van der Waals surface area contributed by atoms with Gasteiger partial charge in [0.2, 0.25) is 0 Å². The van der Waals surface area contributed by atoms with Gasteiger partial charge in [0, 0.05) is 38.4 Å². The number of amides is 2. The number of aliphatic hydroxyl groups excluding tert-OH is 2. The second kappa shape index (κ2) is 22.9. The lowest BCUT2D eigenvalue weighted by atomic mass is 9.93. The summed E-state index contributed by atoms with van der Waals surface area (Å²) in [7, 11) is 3.52. The van der Waals surface area contributed by atoms with Crippen molar-refractivity contribution in [2.75, 3.05) is 14.2 Å². The lowest BCUT2D eigenvalue weighted by molar-refractivity contribution is 0.0400. The van der Waals surface area contributed by atoms with Crippen molar-refractivity contribution in [2.45, 2.75) is 204 Å². The highest BCUT2D eigenvalue weighted by atomic mass is 16.6. The third kappa shape index (κ3) is 22.8. The van der Waals surface area contributed by atoms with Crippen LogP contribution in [-0.4, -0.2) is 96.4 Å². The molecule has 4 aliphatic rings. The lowest BCUT2D eigenvalue weighted by Gasteiger charge is -2.29. The number of hydrogen-bond acceptors (Lipinski definition) is 10. The Labute approximate surface area is 291 Å². The summed E-state index contributed by atoms with van der Waals surface area (Å²) in [5, 5.41) is 24.0. The van der Waals surface area contributed by atoms with Crippen LogP contribution in [-0.2, 0) is 18.9 Å². The van der Waals surface area contributed by atoms with Gasteiger partial charge in [0.1, 0.15) is 11.2 Å². The maximum Gasteiger partial charge on any atom is 0.407 e. The summed E-state index contributed by atoms with van der Waals surface area (Å²) in [5.74, 6) is 0. The van der Waals surface area contributed by atoms with Gasteiger partial charge in [-0.15, -0.1) is 0 Å². The predicted molar refractivity (Wildman–Crippen MR) is 190 cm³/mol. The Morgan fingerprint density at radius 3 is 1.08 bits per heavy atom. The highest BCUT2D eigenvalue weighted by Gasteiger charge is 2.25. The fourth-order valence-corrected chi connectivity index (χ4v) is 6.04. The monoisotopic (exact) mass is 689 g/mol. The topological polar surface area (TPSA) is 188 Å².